The molecule has 1 fully saturated rings. The van der Waals surface area contributed by atoms with E-state index in [2.05, 4.69) is 35.3 Å². The lowest BCUT2D eigenvalue weighted by Crippen LogP contribution is -2.54. The quantitative estimate of drug-likeness (QED) is 0.463. The Morgan fingerprint density at radius 2 is 1.68 bits per heavy atom. The van der Waals surface area contributed by atoms with Crippen LogP contribution in [-0.2, 0) is 0 Å². The highest BCUT2D eigenvalue weighted by Gasteiger charge is 2.27. The van der Waals surface area contributed by atoms with Crippen LogP contribution >= 0.6 is 24.4 Å². The fraction of sp³-hybridized carbons (Fsp3) is 0.846. The Bertz CT molecular complexity index is 320. The summed E-state index contributed by atoms with van der Waals surface area (Å²) in [6.45, 7) is 8.68. The molecular weight excluding hydrogens is 276 g/mol. The standard InChI is InChI=1S/C13H26N4S2/c1-8(2)14-12(18)16-17-13(19)15-11-7-5-6-9(3)10(11)4/h8-11H,5-7H2,1-4H3,(H2,14,16,18)(H2,15,17,19)/t9-,10-,11-/m1/s1. The first-order valence-electron chi connectivity index (χ1n) is 7.03. The summed E-state index contributed by atoms with van der Waals surface area (Å²) in [4.78, 5) is 0. The van der Waals surface area contributed by atoms with E-state index in [4.69, 9.17) is 24.4 Å². The van der Waals surface area contributed by atoms with E-state index >= 15 is 0 Å². The molecule has 0 radical (unpaired) electrons. The van der Waals surface area contributed by atoms with Crippen molar-refractivity contribution in [1.29, 1.82) is 0 Å². The van der Waals surface area contributed by atoms with Crippen LogP contribution in [0.25, 0.3) is 0 Å². The van der Waals surface area contributed by atoms with Crippen molar-refractivity contribution in [3.63, 3.8) is 0 Å². The van der Waals surface area contributed by atoms with Gasteiger partial charge < -0.3 is 10.6 Å². The van der Waals surface area contributed by atoms with Gasteiger partial charge >= 0.3 is 0 Å². The fourth-order valence-electron chi connectivity index (χ4n) is 2.40. The second-order valence-corrected chi connectivity index (χ2v) is 6.54. The van der Waals surface area contributed by atoms with Crippen molar-refractivity contribution in [2.75, 3.05) is 0 Å². The number of hydrogen-bond donors (Lipinski definition) is 4. The Balaban J connectivity index is 2.29. The molecule has 0 aromatic heterocycles. The van der Waals surface area contributed by atoms with E-state index in [1.807, 2.05) is 13.8 Å². The van der Waals surface area contributed by atoms with Crippen LogP contribution < -0.4 is 21.5 Å². The predicted octanol–water partition coefficient (Wildman–Crippen LogP) is 2.06. The summed E-state index contributed by atoms with van der Waals surface area (Å²) in [7, 11) is 0. The van der Waals surface area contributed by atoms with Crippen LogP contribution in [0.4, 0.5) is 0 Å². The minimum Gasteiger partial charge on any atom is -0.359 e. The summed E-state index contributed by atoms with van der Waals surface area (Å²) in [6.07, 6.45) is 3.77. The van der Waals surface area contributed by atoms with Crippen molar-refractivity contribution in [2.45, 2.75) is 59.0 Å². The monoisotopic (exact) mass is 302 g/mol. The number of nitrogens with one attached hydrogen (secondary N) is 4. The van der Waals surface area contributed by atoms with E-state index in [0.717, 1.165) is 5.92 Å². The molecule has 4 nitrogen and oxygen atoms in total. The number of rotatable bonds is 2. The maximum absolute atomic E-state index is 5.29. The van der Waals surface area contributed by atoms with Gasteiger partial charge in [0.2, 0.25) is 0 Å². The van der Waals surface area contributed by atoms with Crippen molar-refractivity contribution in [2.24, 2.45) is 11.8 Å². The number of thiocarbonyl (C=S) groups is 2. The summed E-state index contributed by atoms with van der Waals surface area (Å²) in [5.41, 5.74) is 5.83. The van der Waals surface area contributed by atoms with Gasteiger partial charge in [-0.15, -0.1) is 0 Å². The van der Waals surface area contributed by atoms with Crippen molar-refractivity contribution in [3.05, 3.63) is 0 Å². The molecular formula is C13H26N4S2. The van der Waals surface area contributed by atoms with Gasteiger partial charge in [-0.05, 0) is 56.5 Å². The minimum atomic E-state index is 0.308. The Morgan fingerprint density at radius 3 is 2.32 bits per heavy atom. The van der Waals surface area contributed by atoms with E-state index in [-0.39, 0.29) is 0 Å². The highest BCUT2D eigenvalue weighted by Crippen LogP contribution is 2.29. The number of hydrazine groups is 1. The van der Waals surface area contributed by atoms with E-state index in [0.29, 0.717) is 28.2 Å². The van der Waals surface area contributed by atoms with Gasteiger partial charge in [0.1, 0.15) is 0 Å². The minimum absolute atomic E-state index is 0.308. The largest absolute Gasteiger partial charge is 0.359 e. The van der Waals surface area contributed by atoms with E-state index < -0.39 is 0 Å². The third-order valence-electron chi connectivity index (χ3n) is 3.73. The van der Waals surface area contributed by atoms with Crippen LogP contribution in [0.2, 0.25) is 0 Å². The Labute approximate surface area is 127 Å². The molecule has 0 spiro atoms. The van der Waals surface area contributed by atoms with E-state index in [1.54, 1.807) is 0 Å². The summed E-state index contributed by atoms with van der Waals surface area (Å²) in [6, 6.07) is 0.764. The average molecular weight is 303 g/mol. The molecule has 0 aromatic carbocycles. The Hall–Kier alpha value is -0.620. The van der Waals surface area contributed by atoms with Crippen LogP contribution in [0.15, 0.2) is 0 Å². The van der Waals surface area contributed by atoms with Gasteiger partial charge in [0.25, 0.3) is 0 Å². The summed E-state index contributed by atoms with van der Waals surface area (Å²) in [5.74, 6) is 1.40. The van der Waals surface area contributed by atoms with Gasteiger partial charge in [-0.1, -0.05) is 26.7 Å². The molecule has 1 rings (SSSR count). The predicted molar refractivity (Wildman–Crippen MR) is 88.8 cm³/mol. The van der Waals surface area contributed by atoms with Crippen molar-refractivity contribution >= 4 is 34.7 Å². The highest BCUT2D eigenvalue weighted by molar-refractivity contribution is 7.80. The second-order valence-electron chi connectivity index (χ2n) is 5.73. The molecule has 110 valence electrons. The van der Waals surface area contributed by atoms with Crippen LogP contribution in [0.3, 0.4) is 0 Å². The molecule has 19 heavy (non-hydrogen) atoms. The smallest absolute Gasteiger partial charge is 0.185 e. The van der Waals surface area contributed by atoms with Crippen LogP contribution in [0.5, 0.6) is 0 Å². The summed E-state index contributed by atoms with van der Waals surface area (Å²) in [5, 5.41) is 7.64. The van der Waals surface area contributed by atoms with Gasteiger partial charge in [0, 0.05) is 12.1 Å². The first-order valence-corrected chi connectivity index (χ1v) is 7.84. The normalized spacial score (nSPS) is 26.7. The Morgan fingerprint density at radius 1 is 1.05 bits per heavy atom. The molecule has 1 saturated carbocycles. The molecule has 0 heterocycles. The maximum atomic E-state index is 5.29. The zero-order valence-electron chi connectivity index (χ0n) is 12.2. The third kappa shape index (κ3) is 5.91. The lowest BCUT2D eigenvalue weighted by atomic mass is 9.78. The average Bonchev–Trinajstić information content (AvgIpc) is 2.32. The topological polar surface area (TPSA) is 48.1 Å². The molecule has 0 unspecified atom stereocenters. The van der Waals surface area contributed by atoms with Gasteiger partial charge in [-0.3, -0.25) is 10.9 Å². The van der Waals surface area contributed by atoms with Gasteiger partial charge in [-0.25, -0.2) is 0 Å². The highest BCUT2D eigenvalue weighted by atomic mass is 32.1. The third-order valence-corrected chi connectivity index (χ3v) is 4.17. The van der Waals surface area contributed by atoms with E-state index in [9.17, 15) is 0 Å². The lowest BCUT2D eigenvalue weighted by molar-refractivity contribution is 0.224. The molecule has 1 aliphatic rings. The maximum Gasteiger partial charge on any atom is 0.185 e. The van der Waals surface area contributed by atoms with E-state index in [1.165, 1.54) is 19.3 Å². The van der Waals surface area contributed by atoms with Crippen LogP contribution in [0, 0.1) is 11.8 Å². The summed E-state index contributed by atoms with van der Waals surface area (Å²) >= 11 is 10.4. The first-order chi connectivity index (χ1) is 8.90. The Kier molecular flexibility index (Phi) is 6.79. The molecule has 0 bridgehead atoms. The molecule has 0 aromatic rings. The lowest BCUT2D eigenvalue weighted by Gasteiger charge is -2.35. The second kappa shape index (κ2) is 7.85. The van der Waals surface area contributed by atoms with Crippen molar-refractivity contribution < 1.29 is 0 Å². The molecule has 3 atom stereocenters. The molecule has 0 aliphatic heterocycles. The van der Waals surface area contributed by atoms with Crippen molar-refractivity contribution in [3.8, 4) is 0 Å². The molecule has 6 heteroatoms. The molecule has 0 saturated heterocycles. The SMILES string of the molecule is CC(C)NC(=S)NNC(=S)N[C@@H]1CCC[C@@H](C)[C@H]1C. The van der Waals surface area contributed by atoms with Gasteiger partial charge in [0.15, 0.2) is 10.2 Å². The fourth-order valence-corrected chi connectivity index (χ4v) is 2.89. The molecule has 0 amide bonds. The van der Waals surface area contributed by atoms with Gasteiger partial charge in [0.05, 0.1) is 0 Å². The van der Waals surface area contributed by atoms with Crippen LogP contribution in [0.1, 0.15) is 47.0 Å². The zero-order valence-corrected chi connectivity index (χ0v) is 13.9. The first kappa shape index (κ1) is 16.4. The van der Waals surface area contributed by atoms with Crippen LogP contribution in [-0.4, -0.2) is 22.3 Å². The van der Waals surface area contributed by atoms with Crippen molar-refractivity contribution in [1.82, 2.24) is 21.5 Å². The summed E-state index contributed by atoms with van der Waals surface area (Å²) < 4.78 is 0. The molecule has 1 aliphatic carbocycles. The van der Waals surface area contributed by atoms with Gasteiger partial charge in [-0.2, -0.15) is 0 Å². The zero-order chi connectivity index (χ0) is 14.4. The molecule has 4 N–H and O–H groups in total. The number of hydrogen-bond acceptors (Lipinski definition) is 2.